The van der Waals surface area contributed by atoms with Gasteiger partial charge in [0.2, 0.25) is 0 Å². The highest BCUT2D eigenvalue weighted by Crippen LogP contribution is 2.28. The molecule has 2 nitrogen and oxygen atoms in total. The maximum Gasteiger partial charge on any atom is 0.142 e. The molecule has 0 atom stereocenters. The number of aromatic hydroxyl groups is 1. The van der Waals surface area contributed by atoms with Crippen molar-refractivity contribution in [3.8, 4) is 16.9 Å². The van der Waals surface area contributed by atoms with Crippen molar-refractivity contribution in [2.45, 2.75) is 33.1 Å². The SMILES string of the molecule is CC(C)(CCc1ccc(-c2ccccc2F)cc1)C(=O)Cc1ccc(O)cc1. The number of carbonyl (C=O) groups excluding carboxylic acids is 1. The smallest absolute Gasteiger partial charge is 0.142 e. The van der Waals surface area contributed by atoms with Crippen molar-refractivity contribution in [2.24, 2.45) is 5.41 Å². The van der Waals surface area contributed by atoms with E-state index in [0.29, 0.717) is 12.0 Å². The minimum atomic E-state index is -0.442. The molecule has 0 aliphatic carbocycles. The van der Waals surface area contributed by atoms with E-state index in [1.807, 2.05) is 44.2 Å². The van der Waals surface area contributed by atoms with E-state index < -0.39 is 5.41 Å². The zero-order chi connectivity index (χ0) is 20.1. The monoisotopic (exact) mass is 376 g/mol. The largest absolute Gasteiger partial charge is 0.508 e. The maximum absolute atomic E-state index is 13.9. The molecule has 0 saturated heterocycles. The highest BCUT2D eigenvalue weighted by Gasteiger charge is 2.27. The number of ketones is 1. The van der Waals surface area contributed by atoms with Crippen molar-refractivity contribution in [1.29, 1.82) is 0 Å². The van der Waals surface area contributed by atoms with Crippen molar-refractivity contribution in [3.63, 3.8) is 0 Å². The van der Waals surface area contributed by atoms with Crippen LogP contribution in [-0.2, 0) is 17.6 Å². The van der Waals surface area contributed by atoms with E-state index in [1.165, 1.54) is 6.07 Å². The predicted molar refractivity (Wildman–Crippen MR) is 111 cm³/mol. The number of phenols is 1. The van der Waals surface area contributed by atoms with E-state index in [0.717, 1.165) is 29.5 Å². The van der Waals surface area contributed by atoms with Crippen LogP contribution in [0, 0.1) is 11.2 Å². The molecular formula is C25H25FO2. The molecule has 1 N–H and O–H groups in total. The number of rotatable bonds is 7. The van der Waals surface area contributed by atoms with Gasteiger partial charge >= 0.3 is 0 Å². The van der Waals surface area contributed by atoms with E-state index in [-0.39, 0.29) is 17.3 Å². The first-order valence-electron chi connectivity index (χ1n) is 9.50. The molecule has 3 aromatic rings. The van der Waals surface area contributed by atoms with E-state index in [9.17, 15) is 14.3 Å². The molecular weight excluding hydrogens is 351 g/mol. The molecule has 0 fully saturated rings. The first kappa shape index (κ1) is 19.8. The molecule has 3 rings (SSSR count). The Kier molecular flexibility index (Phi) is 5.93. The highest BCUT2D eigenvalue weighted by molar-refractivity contribution is 5.86. The number of carbonyl (C=O) groups is 1. The van der Waals surface area contributed by atoms with Crippen molar-refractivity contribution >= 4 is 5.78 Å². The van der Waals surface area contributed by atoms with Gasteiger partial charge in [0.15, 0.2) is 0 Å². The van der Waals surface area contributed by atoms with Crippen molar-refractivity contribution < 1.29 is 14.3 Å². The summed E-state index contributed by atoms with van der Waals surface area (Å²) < 4.78 is 13.9. The third-order valence-corrected chi connectivity index (χ3v) is 5.23. The minimum Gasteiger partial charge on any atom is -0.508 e. The standard InChI is InChI=1S/C25H25FO2/c1-25(2,24(28)17-19-9-13-21(27)14-10-19)16-15-18-7-11-20(12-8-18)22-5-3-4-6-23(22)26/h3-14,27H,15-17H2,1-2H3. The maximum atomic E-state index is 13.9. The predicted octanol–water partition coefficient (Wildman–Crippen LogP) is 5.97. The van der Waals surface area contributed by atoms with Gasteiger partial charge in [-0.15, -0.1) is 0 Å². The van der Waals surface area contributed by atoms with Gasteiger partial charge in [-0.05, 0) is 47.7 Å². The molecule has 0 aliphatic rings. The van der Waals surface area contributed by atoms with Crippen LogP contribution < -0.4 is 0 Å². The van der Waals surface area contributed by atoms with Gasteiger partial charge in [0.1, 0.15) is 17.3 Å². The second-order valence-corrected chi connectivity index (χ2v) is 7.83. The van der Waals surface area contributed by atoms with E-state index in [2.05, 4.69) is 0 Å². The third-order valence-electron chi connectivity index (χ3n) is 5.23. The average Bonchev–Trinajstić information content (AvgIpc) is 2.69. The summed E-state index contributed by atoms with van der Waals surface area (Å²) in [5.41, 5.74) is 3.04. The number of halogens is 1. The van der Waals surface area contributed by atoms with Crippen LogP contribution in [0.4, 0.5) is 4.39 Å². The Morgan fingerprint density at radius 1 is 0.893 bits per heavy atom. The molecule has 0 radical (unpaired) electrons. The molecule has 0 saturated carbocycles. The molecule has 0 aromatic heterocycles. The summed E-state index contributed by atoms with van der Waals surface area (Å²) in [5.74, 6) is 0.159. The first-order chi connectivity index (χ1) is 13.3. The molecule has 28 heavy (non-hydrogen) atoms. The second-order valence-electron chi connectivity index (χ2n) is 7.83. The van der Waals surface area contributed by atoms with Crippen LogP contribution in [0.1, 0.15) is 31.4 Å². The first-order valence-corrected chi connectivity index (χ1v) is 9.50. The number of aryl methyl sites for hydroxylation is 1. The summed E-state index contributed by atoms with van der Waals surface area (Å²) in [5, 5.41) is 9.36. The summed E-state index contributed by atoms with van der Waals surface area (Å²) in [6.45, 7) is 3.95. The zero-order valence-corrected chi connectivity index (χ0v) is 16.3. The van der Waals surface area contributed by atoms with Gasteiger partial charge < -0.3 is 5.11 Å². The van der Waals surface area contributed by atoms with Crippen molar-refractivity contribution in [1.82, 2.24) is 0 Å². The topological polar surface area (TPSA) is 37.3 Å². The lowest BCUT2D eigenvalue weighted by molar-refractivity contribution is -0.126. The van der Waals surface area contributed by atoms with Crippen LogP contribution in [0.5, 0.6) is 5.75 Å². The van der Waals surface area contributed by atoms with E-state index >= 15 is 0 Å². The Hall–Kier alpha value is -2.94. The fraction of sp³-hybridized carbons (Fsp3) is 0.240. The Morgan fingerprint density at radius 3 is 2.14 bits per heavy atom. The number of benzene rings is 3. The Balaban J connectivity index is 1.61. The molecule has 0 heterocycles. The lowest BCUT2D eigenvalue weighted by atomic mass is 9.80. The zero-order valence-electron chi connectivity index (χ0n) is 16.3. The number of phenolic OH excluding ortho intramolecular Hbond substituents is 1. The van der Waals surface area contributed by atoms with Gasteiger partial charge in [-0.25, -0.2) is 4.39 Å². The Morgan fingerprint density at radius 2 is 1.50 bits per heavy atom. The normalized spacial score (nSPS) is 11.4. The average molecular weight is 376 g/mol. The fourth-order valence-electron chi connectivity index (χ4n) is 3.18. The Bertz CT molecular complexity index is 941. The molecule has 0 aliphatic heterocycles. The van der Waals surface area contributed by atoms with Crippen molar-refractivity contribution in [3.05, 3.63) is 89.7 Å². The van der Waals surface area contributed by atoms with Crippen LogP contribution >= 0.6 is 0 Å². The van der Waals surface area contributed by atoms with Gasteiger partial charge in [0.05, 0.1) is 0 Å². The number of hydrogen-bond donors (Lipinski definition) is 1. The molecule has 0 amide bonds. The van der Waals surface area contributed by atoms with Gasteiger partial charge in [-0.1, -0.05) is 68.4 Å². The molecule has 3 heteroatoms. The van der Waals surface area contributed by atoms with Crippen LogP contribution in [0.25, 0.3) is 11.1 Å². The summed E-state index contributed by atoms with van der Waals surface area (Å²) in [6, 6.07) is 21.4. The molecule has 0 spiro atoms. The summed E-state index contributed by atoms with van der Waals surface area (Å²) in [4.78, 5) is 12.7. The van der Waals surface area contributed by atoms with E-state index in [1.54, 1.807) is 36.4 Å². The quantitative estimate of drug-likeness (QED) is 0.552. The van der Waals surface area contributed by atoms with Gasteiger partial charge in [-0.3, -0.25) is 4.79 Å². The fourth-order valence-corrected chi connectivity index (χ4v) is 3.18. The Labute approximate surface area is 165 Å². The molecule has 0 bridgehead atoms. The minimum absolute atomic E-state index is 0.182. The van der Waals surface area contributed by atoms with Crippen molar-refractivity contribution in [2.75, 3.05) is 0 Å². The lowest BCUT2D eigenvalue weighted by Gasteiger charge is -2.23. The molecule has 144 valence electrons. The summed E-state index contributed by atoms with van der Waals surface area (Å²) in [6.07, 6.45) is 1.88. The summed E-state index contributed by atoms with van der Waals surface area (Å²) in [7, 11) is 0. The van der Waals surface area contributed by atoms with Crippen LogP contribution in [-0.4, -0.2) is 10.9 Å². The van der Waals surface area contributed by atoms with E-state index in [4.69, 9.17) is 0 Å². The van der Waals surface area contributed by atoms with Gasteiger partial charge in [0, 0.05) is 17.4 Å². The lowest BCUT2D eigenvalue weighted by Crippen LogP contribution is -2.26. The van der Waals surface area contributed by atoms with Gasteiger partial charge in [-0.2, -0.15) is 0 Å². The van der Waals surface area contributed by atoms with Crippen LogP contribution in [0.2, 0.25) is 0 Å². The molecule has 0 unspecified atom stereocenters. The van der Waals surface area contributed by atoms with Gasteiger partial charge in [0.25, 0.3) is 0 Å². The second kappa shape index (κ2) is 8.39. The number of Topliss-reactive ketones (excluding diaryl/α,β-unsaturated/α-hetero) is 1. The third kappa shape index (κ3) is 4.86. The van der Waals surface area contributed by atoms with Crippen LogP contribution in [0.15, 0.2) is 72.8 Å². The van der Waals surface area contributed by atoms with Crippen LogP contribution in [0.3, 0.4) is 0 Å². The molecule has 3 aromatic carbocycles. The highest BCUT2D eigenvalue weighted by atomic mass is 19.1. The summed E-state index contributed by atoms with van der Waals surface area (Å²) >= 11 is 0. The number of hydrogen-bond acceptors (Lipinski definition) is 2.